The number of anilines is 1. The van der Waals surface area contributed by atoms with Crippen molar-refractivity contribution in [1.29, 1.82) is 5.26 Å². The van der Waals surface area contributed by atoms with E-state index in [1.54, 1.807) is 12.1 Å². The third-order valence-electron chi connectivity index (χ3n) is 3.03. The van der Waals surface area contributed by atoms with Crippen LogP contribution in [0, 0.1) is 11.3 Å². The molecule has 0 bridgehead atoms. The predicted molar refractivity (Wildman–Crippen MR) is 72.9 cm³/mol. The van der Waals surface area contributed by atoms with Crippen molar-refractivity contribution in [3.63, 3.8) is 0 Å². The molecule has 1 aliphatic heterocycles. The third-order valence-corrected chi connectivity index (χ3v) is 3.35. The molecule has 94 valence electrons. The molecule has 0 radical (unpaired) electrons. The normalized spacial score (nSPS) is 18.7. The molecule has 18 heavy (non-hydrogen) atoms. The van der Waals surface area contributed by atoms with Gasteiger partial charge in [-0.05, 0) is 24.6 Å². The molecule has 3 nitrogen and oxygen atoms in total. The number of rotatable bonds is 4. The van der Waals surface area contributed by atoms with Gasteiger partial charge in [-0.25, -0.2) is 0 Å². The number of hydrogen-bond acceptors (Lipinski definition) is 3. The summed E-state index contributed by atoms with van der Waals surface area (Å²) in [5.74, 6) is 0. The van der Waals surface area contributed by atoms with E-state index in [0.29, 0.717) is 17.2 Å². The molecule has 1 saturated heterocycles. The van der Waals surface area contributed by atoms with E-state index in [0.717, 1.165) is 25.2 Å². The van der Waals surface area contributed by atoms with Gasteiger partial charge >= 0.3 is 0 Å². The van der Waals surface area contributed by atoms with E-state index in [2.05, 4.69) is 17.5 Å². The summed E-state index contributed by atoms with van der Waals surface area (Å²) >= 11 is 6.03. The van der Waals surface area contributed by atoms with Crippen molar-refractivity contribution in [2.45, 2.75) is 12.5 Å². The number of ether oxygens (including phenoxy) is 1. The fraction of sp³-hybridized carbons (Fsp3) is 0.357. The highest BCUT2D eigenvalue weighted by atomic mass is 35.5. The first-order valence-electron chi connectivity index (χ1n) is 5.91. The van der Waals surface area contributed by atoms with Gasteiger partial charge in [0, 0.05) is 18.8 Å². The van der Waals surface area contributed by atoms with Crippen LogP contribution in [0.15, 0.2) is 30.9 Å². The van der Waals surface area contributed by atoms with Crippen molar-refractivity contribution in [1.82, 2.24) is 0 Å². The molecule has 1 aromatic carbocycles. The maximum absolute atomic E-state index is 8.84. The molecule has 2 rings (SSSR count). The van der Waals surface area contributed by atoms with E-state index in [1.165, 1.54) is 0 Å². The van der Waals surface area contributed by atoms with Crippen molar-refractivity contribution in [3.8, 4) is 6.07 Å². The standard InChI is InChI=1S/C14H15ClN2O/c1-2-7-18-13-5-6-17(10-13)12-4-3-11(9-16)14(15)8-12/h2-4,8,13H,1,5-7,10H2. The Morgan fingerprint density at radius 3 is 3.11 bits per heavy atom. The van der Waals surface area contributed by atoms with Crippen LogP contribution in [-0.2, 0) is 4.74 Å². The second kappa shape index (κ2) is 5.90. The molecule has 1 aliphatic rings. The van der Waals surface area contributed by atoms with E-state index in [-0.39, 0.29) is 6.10 Å². The molecule has 0 aromatic heterocycles. The van der Waals surface area contributed by atoms with Crippen LogP contribution in [0.4, 0.5) is 5.69 Å². The molecule has 1 atom stereocenters. The largest absolute Gasteiger partial charge is 0.372 e. The first-order valence-corrected chi connectivity index (χ1v) is 6.29. The van der Waals surface area contributed by atoms with Crippen LogP contribution in [0.1, 0.15) is 12.0 Å². The minimum absolute atomic E-state index is 0.248. The second-order valence-corrected chi connectivity index (χ2v) is 4.66. The van der Waals surface area contributed by atoms with Gasteiger partial charge in [-0.1, -0.05) is 17.7 Å². The van der Waals surface area contributed by atoms with Crippen molar-refractivity contribution >= 4 is 17.3 Å². The summed E-state index contributed by atoms with van der Waals surface area (Å²) in [6, 6.07) is 7.60. The van der Waals surface area contributed by atoms with Crippen molar-refractivity contribution in [2.75, 3.05) is 24.6 Å². The summed E-state index contributed by atoms with van der Waals surface area (Å²) in [5, 5.41) is 9.34. The van der Waals surface area contributed by atoms with Crippen LogP contribution >= 0.6 is 11.6 Å². The molecular formula is C14H15ClN2O. The topological polar surface area (TPSA) is 36.3 Å². The number of nitriles is 1. The molecule has 0 spiro atoms. The molecule has 0 amide bonds. The van der Waals surface area contributed by atoms with Gasteiger partial charge < -0.3 is 9.64 Å². The van der Waals surface area contributed by atoms with E-state index in [9.17, 15) is 0 Å². The van der Waals surface area contributed by atoms with Gasteiger partial charge in [-0.15, -0.1) is 6.58 Å². The van der Waals surface area contributed by atoms with Gasteiger partial charge in [0.2, 0.25) is 0 Å². The Hall–Kier alpha value is -1.50. The average Bonchev–Trinajstić information content (AvgIpc) is 2.85. The minimum Gasteiger partial charge on any atom is -0.372 e. The first-order chi connectivity index (χ1) is 8.74. The fourth-order valence-electron chi connectivity index (χ4n) is 2.09. The average molecular weight is 263 g/mol. The van der Waals surface area contributed by atoms with Gasteiger partial charge in [0.1, 0.15) is 6.07 Å². The van der Waals surface area contributed by atoms with E-state index in [1.807, 2.05) is 12.1 Å². The van der Waals surface area contributed by atoms with Crippen molar-refractivity contribution in [3.05, 3.63) is 41.4 Å². The van der Waals surface area contributed by atoms with Crippen LogP contribution in [0.25, 0.3) is 0 Å². The Bertz CT molecular complexity index is 481. The molecule has 4 heteroatoms. The quantitative estimate of drug-likeness (QED) is 0.783. The number of hydrogen-bond donors (Lipinski definition) is 0. The Morgan fingerprint density at radius 2 is 2.44 bits per heavy atom. The highest BCUT2D eigenvalue weighted by Gasteiger charge is 2.23. The van der Waals surface area contributed by atoms with Crippen LogP contribution < -0.4 is 4.90 Å². The zero-order valence-electron chi connectivity index (χ0n) is 10.1. The predicted octanol–water partition coefficient (Wildman–Crippen LogP) is 2.99. The van der Waals surface area contributed by atoms with E-state index < -0.39 is 0 Å². The minimum atomic E-state index is 0.248. The Morgan fingerprint density at radius 1 is 1.61 bits per heavy atom. The Balaban J connectivity index is 2.03. The molecular weight excluding hydrogens is 248 g/mol. The lowest BCUT2D eigenvalue weighted by Crippen LogP contribution is -2.22. The number of halogens is 1. The maximum Gasteiger partial charge on any atom is 0.101 e. The molecule has 1 heterocycles. The first kappa shape index (κ1) is 12.9. The lowest BCUT2D eigenvalue weighted by atomic mass is 10.2. The van der Waals surface area contributed by atoms with Gasteiger partial charge in [0.15, 0.2) is 0 Å². The molecule has 0 saturated carbocycles. The molecule has 0 N–H and O–H groups in total. The molecule has 0 aliphatic carbocycles. The Labute approximate surface area is 112 Å². The zero-order valence-corrected chi connectivity index (χ0v) is 10.9. The molecule has 1 fully saturated rings. The SMILES string of the molecule is C=CCOC1CCN(c2ccc(C#N)c(Cl)c2)C1. The van der Waals surface area contributed by atoms with Gasteiger partial charge in [-0.3, -0.25) is 0 Å². The van der Waals surface area contributed by atoms with Crippen LogP contribution in [0.2, 0.25) is 5.02 Å². The monoisotopic (exact) mass is 262 g/mol. The third kappa shape index (κ3) is 2.84. The smallest absolute Gasteiger partial charge is 0.101 e. The van der Waals surface area contributed by atoms with Crippen LogP contribution in [0.5, 0.6) is 0 Å². The molecule has 1 aromatic rings. The van der Waals surface area contributed by atoms with E-state index >= 15 is 0 Å². The number of nitrogens with zero attached hydrogens (tertiary/aromatic N) is 2. The summed E-state index contributed by atoms with van der Waals surface area (Å²) in [6.45, 7) is 6.04. The summed E-state index contributed by atoms with van der Waals surface area (Å²) in [6.07, 6.45) is 3.02. The summed E-state index contributed by atoms with van der Waals surface area (Å²) in [4.78, 5) is 2.22. The van der Waals surface area contributed by atoms with Crippen molar-refractivity contribution in [2.24, 2.45) is 0 Å². The lowest BCUT2D eigenvalue weighted by molar-refractivity contribution is 0.0909. The Kier molecular flexibility index (Phi) is 4.24. The van der Waals surface area contributed by atoms with Gasteiger partial charge in [0.05, 0.1) is 23.3 Å². The van der Waals surface area contributed by atoms with Gasteiger partial charge in [-0.2, -0.15) is 5.26 Å². The van der Waals surface area contributed by atoms with Crippen molar-refractivity contribution < 1.29 is 4.74 Å². The van der Waals surface area contributed by atoms with E-state index in [4.69, 9.17) is 21.6 Å². The highest BCUT2D eigenvalue weighted by molar-refractivity contribution is 6.32. The maximum atomic E-state index is 8.84. The fourth-order valence-corrected chi connectivity index (χ4v) is 2.31. The van der Waals surface area contributed by atoms with Crippen LogP contribution in [0.3, 0.4) is 0 Å². The number of benzene rings is 1. The summed E-state index contributed by atoms with van der Waals surface area (Å²) in [5.41, 5.74) is 1.56. The van der Waals surface area contributed by atoms with Gasteiger partial charge in [0.25, 0.3) is 0 Å². The summed E-state index contributed by atoms with van der Waals surface area (Å²) < 4.78 is 5.63. The lowest BCUT2D eigenvalue weighted by Gasteiger charge is -2.19. The van der Waals surface area contributed by atoms with Crippen LogP contribution in [-0.4, -0.2) is 25.8 Å². The second-order valence-electron chi connectivity index (χ2n) is 4.25. The highest BCUT2D eigenvalue weighted by Crippen LogP contribution is 2.26. The summed E-state index contributed by atoms with van der Waals surface area (Å²) in [7, 11) is 0. The zero-order chi connectivity index (χ0) is 13.0. The molecule has 1 unspecified atom stereocenters.